The number of fused-ring (bicyclic) bond motifs is 12. The van der Waals surface area contributed by atoms with Crippen LogP contribution in [0.15, 0.2) is 173 Å². The highest BCUT2D eigenvalue weighted by Gasteiger charge is 2.18. The predicted molar refractivity (Wildman–Crippen MR) is 213 cm³/mol. The van der Waals surface area contributed by atoms with Crippen molar-refractivity contribution in [3.8, 4) is 22.5 Å². The fourth-order valence-electron chi connectivity index (χ4n) is 8.43. The molecule has 5 nitrogen and oxygen atoms in total. The van der Waals surface area contributed by atoms with Gasteiger partial charge in [-0.3, -0.25) is 4.57 Å². The van der Waals surface area contributed by atoms with Crippen LogP contribution in [0.4, 0.5) is 0 Å². The Bertz CT molecular complexity index is 3380. The first-order chi connectivity index (χ1) is 25.8. The number of hydrogen-bond acceptors (Lipinski definition) is 3. The number of pyridine rings is 1. The summed E-state index contributed by atoms with van der Waals surface area (Å²) >= 11 is 0. The summed E-state index contributed by atoms with van der Waals surface area (Å²) in [5, 5.41) is 9.17. The van der Waals surface area contributed by atoms with Gasteiger partial charge in [0.1, 0.15) is 28.0 Å². The first-order valence-electron chi connectivity index (χ1n) is 17.5. The van der Waals surface area contributed by atoms with Crippen LogP contribution in [0.3, 0.4) is 0 Å². The van der Waals surface area contributed by atoms with Gasteiger partial charge in [0.15, 0.2) is 0 Å². The highest BCUT2D eigenvalue weighted by Crippen LogP contribution is 2.40. The molecule has 0 aliphatic rings. The second-order valence-electron chi connectivity index (χ2n) is 13.6. The maximum atomic E-state index is 6.42. The Hall–Kier alpha value is -7.11. The summed E-state index contributed by atoms with van der Waals surface area (Å²) in [5.41, 5.74) is 12.4. The summed E-state index contributed by atoms with van der Waals surface area (Å²) in [6.07, 6.45) is 1.87. The molecule has 0 fully saturated rings. The fourth-order valence-corrected chi connectivity index (χ4v) is 8.43. The Morgan fingerprint density at radius 2 is 0.846 bits per heavy atom. The van der Waals surface area contributed by atoms with Crippen molar-refractivity contribution < 1.29 is 8.83 Å². The van der Waals surface area contributed by atoms with Crippen LogP contribution in [0.5, 0.6) is 0 Å². The maximum Gasteiger partial charge on any atom is 0.145 e. The number of benzene rings is 7. The zero-order chi connectivity index (χ0) is 33.9. The van der Waals surface area contributed by atoms with E-state index in [-0.39, 0.29) is 0 Å². The minimum Gasteiger partial charge on any atom is -0.456 e. The number of para-hydroxylation sites is 3. The second-order valence-corrected chi connectivity index (χ2v) is 13.6. The summed E-state index contributed by atoms with van der Waals surface area (Å²) in [6.45, 7) is 0. The smallest absolute Gasteiger partial charge is 0.145 e. The van der Waals surface area contributed by atoms with E-state index in [4.69, 9.17) is 13.8 Å². The molecule has 0 N–H and O–H groups in total. The van der Waals surface area contributed by atoms with Gasteiger partial charge in [0.25, 0.3) is 0 Å². The topological polar surface area (TPSA) is 49.0 Å². The molecule has 0 unspecified atom stereocenters. The molecule has 5 heteroatoms. The van der Waals surface area contributed by atoms with Gasteiger partial charge in [-0.05, 0) is 102 Å². The molecule has 7 aromatic carbocycles. The fraction of sp³-hybridized carbons (Fsp3) is 0. The molecule has 0 aliphatic carbocycles. The zero-order valence-corrected chi connectivity index (χ0v) is 27.7. The van der Waals surface area contributed by atoms with Crippen molar-refractivity contribution in [1.29, 1.82) is 0 Å². The van der Waals surface area contributed by atoms with Crippen LogP contribution >= 0.6 is 0 Å². The van der Waals surface area contributed by atoms with Crippen molar-refractivity contribution in [3.05, 3.63) is 164 Å². The number of hydrogen-bond donors (Lipinski definition) is 0. The predicted octanol–water partition coefficient (Wildman–Crippen LogP) is 12.7. The number of rotatable bonds is 3. The van der Waals surface area contributed by atoms with Crippen molar-refractivity contribution >= 4 is 87.6 Å². The summed E-state index contributed by atoms with van der Waals surface area (Å²) in [6, 6.07) is 55.9. The molecule has 242 valence electrons. The van der Waals surface area contributed by atoms with Crippen molar-refractivity contribution in [3.63, 3.8) is 0 Å². The van der Waals surface area contributed by atoms with Gasteiger partial charge in [-0.1, -0.05) is 66.7 Å². The molecular formula is C47H27N3O2. The van der Waals surface area contributed by atoms with Crippen LogP contribution in [0.25, 0.3) is 110 Å². The van der Waals surface area contributed by atoms with Crippen LogP contribution < -0.4 is 0 Å². The van der Waals surface area contributed by atoms with Gasteiger partial charge in [0, 0.05) is 60.7 Å². The van der Waals surface area contributed by atoms with Crippen molar-refractivity contribution in [1.82, 2.24) is 14.1 Å². The molecule has 52 heavy (non-hydrogen) atoms. The lowest BCUT2D eigenvalue weighted by molar-refractivity contribution is 0.668. The van der Waals surface area contributed by atoms with E-state index in [0.29, 0.717) is 0 Å². The van der Waals surface area contributed by atoms with Gasteiger partial charge >= 0.3 is 0 Å². The van der Waals surface area contributed by atoms with Gasteiger partial charge in [-0.15, -0.1) is 0 Å². The summed E-state index contributed by atoms with van der Waals surface area (Å²) in [7, 11) is 0. The van der Waals surface area contributed by atoms with Gasteiger partial charge in [-0.25, -0.2) is 4.98 Å². The molecule has 0 amide bonds. The average Bonchev–Trinajstić information content (AvgIpc) is 3.94. The third kappa shape index (κ3) is 3.79. The monoisotopic (exact) mass is 665 g/mol. The third-order valence-electron chi connectivity index (χ3n) is 10.8. The van der Waals surface area contributed by atoms with Crippen LogP contribution in [0.2, 0.25) is 0 Å². The van der Waals surface area contributed by atoms with Crippen LogP contribution in [-0.4, -0.2) is 14.1 Å². The quantitative estimate of drug-likeness (QED) is 0.189. The molecule has 0 atom stereocenters. The minimum absolute atomic E-state index is 0.860. The van der Waals surface area contributed by atoms with Gasteiger partial charge < -0.3 is 13.4 Å². The van der Waals surface area contributed by atoms with Crippen LogP contribution in [0.1, 0.15) is 0 Å². The molecule has 0 radical (unpaired) electrons. The number of aromatic nitrogens is 3. The van der Waals surface area contributed by atoms with Gasteiger partial charge in [-0.2, -0.15) is 0 Å². The molecule has 12 rings (SSSR count). The first kappa shape index (κ1) is 27.7. The minimum atomic E-state index is 0.860. The van der Waals surface area contributed by atoms with E-state index in [1.807, 2.05) is 24.4 Å². The summed E-state index contributed by atoms with van der Waals surface area (Å²) in [4.78, 5) is 4.81. The van der Waals surface area contributed by atoms with Gasteiger partial charge in [0.2, 0.25) is 0 Å². The molecule has 5 aromatic heterocycles. The van der Waals surface area contributed by atoms with Gasteiger partial charge in [0.05, 0.1) is 16.6 Å². The Balaban J connectivity index is 1.04. The maximum absolute atomic E-state index is 6.42. The molecular weight excluding hydrogens is 639 g/mol. The standard InChI is InChI=1S/C47H27N3O2/c1-5-13-41-32(8-1)35-11-7-23-48-47(35)50(41)31-18-22-46-39(27-31)38-26-30(17-21-45(38)52-46)49-40-12-4-2-9-33(40)36-24-28(15-19-42(36)49)29-16-20-44-37(25-29)34-10-3-6-14-43(34)51-44/h1-27H. The lowest BCUT2D eigenvalue weighted by Crippen LogP contribution is -1.95. The summed E-state index contributed by atoms with van der Waals surface area (Å²) < 4.78 is 17.2. The first-order valence-corrected chi connectivity index (χ1v) is 17.5. The van der Waals surface area contributed by atoms with E-state index >= 15 is 0 Å². The normalized spacial score (nSPS) is 12.2. The highest BCUT2D eigenvalue weighted by atomic mass is 16.3. The van der Waals surface area contributed by atoms with E-state index in [2.05, 4.69) is 149 Å². The van der Waals surface area contributed by atoms with Crippen molar-refractivity contribution in [2.75, 3.05) is 0 Å². The van der Waals surface area contributed by atoms with Crippen molar-refractivity contribution in [2.24, 2.45) is 0 Å². The second kappa shape index (κ2) is 10.2. The highest BCUT2D eigenvalue weighted by molar-refractivity contribution is 6.13. The SMILES string of the molecule is c1ccc2c(c1)oc1ccc(-c3ccc4c(c3)c3ccccc3n4-c3ccc4oc5ccc(-n6c7ccccc7c7cccnc76)cc5c4c3)cc12. The Morgan fingerprint density at radius 1 is 0.346 bits per heavy atom. The molecule has 0 saturated heterocycles. The summed E-state index contributed by atoms with van der Waals surface area (Å²) in [5.74, 6) is 0. The van der Waals surface area contributed by atoms with E-state index < -0.39 is 0 Å². The molecule has 0 saturated carbocycles. The Morgan fingerprint density at radius 3 is 1.60 bits per heavy atom. The van der Waals surface area contributed by atoms with E-state index in [0.717, 1.165) is 82.8 Å². The van der Waals surface area contributed by atoms with E-state index in [1.165, 1.54) is 27.3 Å². The average molecular weight is 666 g/mol. The number of furan rings is 2. The largest absolute Gasteiger partial charge is 0.456 e. The lowest BCUT2D eigenvalue weighted by atomic mass is 10.0. The Labute approximate surface area is 296 Å². The van der Waals surface area contributed by atoms with Crippen LogP contribution in [-0.2, 0) is 0 Å². The van der Waals surface area contributed by atoms with Crippen molar-refractivity contribution in [2.45, 2.75) is 0 Å². The zero-order valence-electron chi connectivity index (χ0n) is 27.7. The van der Waals surface area contributed by atoms with E-state index in [1.54, 1.807) is 0 Å². The third-order valence-corrected chi connectivity index (χ3v) is 10.8. The molecule has 0 spiro atoms. The Kier molecular flexibility index (Phi) is 5.44. The molecule has 0 aliphatic heterocycles. The number of nitrogens with zero attached hydrogens (tertiary/aromatic N) is 3. The molecule has 12 aromatic rings. The molecule has 0 bridgehead atoms. The van der Waals surface area contributed by atoms with Crippen LogP contribution in [0, 0.1) is 0 Å². The van der Waals surface area contributed by atoms with E-state index in [9.17, 15) is 0 Å². The molecule has 5 heterocycles. The lowest BCUT2D eigenvalue weighted by Gasteiger charge is -2.09.